The topological polar surface area (TPSA) is 165 Å². The number of methoxy groups -OCH3 is 2. The van der Waals surface area contributed by atoms with Crippen molar-refractivity contribution in [1.82, 2.24) is 9.97 Å². The summed E-state index contributed by atoms with van der Waals surface area (Å²) >= 11 is 0. The van der Waals surface area contributed by atoms with E-state index in [9.17, 15) is 14.7 Å². The average Bonchev–Trinajstić information content (AvgIpc) is 3.59. The molecule has 3 rings (SSSR count). The van der Waals surface area contributed by atoms with Crippen LogP contribution in [-0.2, 0) is 34.2 Å². The Kier molecular flexibility index (Phi) is 22.7. The third kappa shape index (κ3) is 18.2. The lowest BCUT2D eigenvalue weighted by Gasteiger charge is -2.45. The third-order valence-electron chi connectivity index (χ3n) is 14.0. The maximum Gasteiger partial charge on any atom is 0.360 e. The van der Waals surface area contributed by atoms with Gasteiger partial charge in [0.15, 0.2) is 33.9 Å². The second kappa shape index (κ2) is 26.5. The molecule has 2 aromatic rings. The highest BCUT2D eigenvalue weighted by molar-refractivity contribution is 6.74. The smallest absolute Gasteiger partial charge is 0.360 e. The molecule has 13 nitrogen and oxygen atoms in total. The minimum atomic E-state index is -2.25. The van der Waals surface area contributed by atoms with Crippen molar-refractivity contribution in [3.05, 3.63) is 127 Å². The summed E-state index contributed by atoms with van der Waals surface area (Å²) in [6.07, 6.45) is 32.1. The molecular weight excluding hydrogens is 933 g/mol. The quantitative estimate of drug-likeness (QED) is 0.0296. The molecule has 0 aliphatic carbocycles. The van der Waals surface area contributed by atoms with Gasteiger partial charge in [-0.05, 0) is 56.5 Å². The van der Waals surface area contributed by atoms with Crippen molar-refractivity contribution in [3.8, 4) is 0 Å². The monoisotopic (exact) mass is 1020 g/mol. The van der Waals surface area contributed by atoms with Crippen molar-refractivity contribution < 1.29 is 51.3 Å². The van der Waals surface area contributed by atoms with Crippen LogP contribution in [0.1, 0.15) is 129 Å². The Morgan fingerprint density at radius 2 is 1.25 bits per heavy atom. The van der Waals surface area contributed by atoms with Crippen LogP contribution in [0.25, 0.3) is 6.08 Å². The molecular formula is C56H86N2O11Si2. The minimum Gasteiger partial charge on any atom is -0.464 e. The molecule has 15 heteroatoms. The van der Waals surface area contributed by atoms with Crippen LogP contribution in [-0.4, -0.2) is 101 Å². The number of carbonyl (C=O) groups excluding carboxylic acids is 2. The first-order chi connectivity index (χ1) is 33.0. The summed E-state index contributed by atoms with van der Waals surface area (Å²) in [6.45, 7) is 34.4. The first-order valence-electron chi connectivity index (χ1n) is 24.7. The number of esters is 2. The Morgan fingerprint density at radius 3 is 1.83 bits per heavy atom. The highest BCUT2D eigenvalue weighted by Gasteiger charge is 2.47. The van der Waals surface area contributed by atoms with E-state index in [1.807, 2.05) is 92.8 Å². The SMILES string of the molecule is C/C=C/[C@H](O[Si](C)(C)C(C)(C)C)C(C)(C)[C@H](C\C=C/C=C\C=C\[C@@H](Cc1nc(C(=O)OC)co1)OC)OC(=O)c1coc(/C=C\C=C\[C@@H]2O[C@@H]2/C=C\C[C@H](O)C(C)(C)[C@H](/C=C/C)O[Si](C)(C)C(C)(C)C)n1. The number of epoxide rings is 1. The average molecular weight is 1020 g/mol. The first-order valence-corrected chi connectivity index (χ1v) is 30.5. The summed E-state index contributed by atoms with van der Waals surface area (Å²) in [4.78, 5) is 34.2. The number of carbonyl (C=O) groups is 2. The van der Waals surface area contributed by atoms with Crippen LogP contribution < -0.4 is 0 Å². The number of hydrogen-bond donors (Lipinski definition) is 1. The Morgan fingerprint density at radius 1 is 0.690 bits per heavy atom. The van der Waals surface area contributed by atoms with Gasteiger partial charge in [-0.1, -0.05) is 160 Å². The summed E-state index contributed by atoms with van der Waals surface area (Å²) in [5, 5.41) is 11.3. The van der Waals surface area contributed by atoms with Crippen LogP contribution in [0.2, 0.25) is 36.3 Å². The highest BCUT2D eigenvalue weighted by atomic mass is 28.4. The predicted molar refractivity (Wildman–Crippen MR) is 288 cm³/mol. The molecule has 7 atom stereocenters. The molecule has 0 spiro atoms. The van der Waals surface area contributed by atoms with Gasteiger partial charge in [0.2, 0.25) is 5.89 Å². The van der Waals surface area contributed by atoms with Crippen LogP contribution in [0.4, 0.5) is 0 Å². The Balaban J connectivity index is 1.68. The summed E-state index contributed by atoms with van der Waals surface area (Å²) in [5.74, 6) is -0.567. The van der Waals surface area contributed by atoms with E-state index in [0.29, 0.717) is 25.2 Å². The molecule has 71 heavy (non-hydrogen) atoms. The molecule has 1 aliphatic heterocycles. The standard InChI is InChI=1S/C56H86N2O11Si2/c1-19-29-47(68-70(15,16)53(3,4)5)55(9,10)45(59)34-28-33-44-43(66-44)32-26-27-36-49-57-42(39-64-49)52(61)67-46(56(11,12)48(30-20-2)69-71(17,18)54(6,7)8)35-25-23-21-22-24-31-40(62-13)37-50-58-41(38-65-50)51(60)63-14/h19-33,36,38-40,43-48,59H,34-35,37H2,1-18H3/b22-21-,25-23-,29-19+,30-20+,31-24+,32-26+,33-28-,36-27-/t40-,43-,44+,45-,46-,47-,48-/m0/s1. The van der Waals surface area contributed by atoms with Gasteiger partial charge in [-0.25, -0.2) is 19.6 Å². The Hall–Kier alpha value is -4.49. The molecule has 1 saturated heterocycles. The van der Waals surface area contributed by atoms with E-state index < -0.39 is 51.6 Å². The molecule has 0 unspecified atom stereocenters. The third-order valence-corrected chi connectivity index (χ3v) is 22.9. The number of hydrogen-bond acceptors (Lipinski definition) is 13. The lowest BCUT2D eigenvalue weighted by molar-refractivity contribution is -0.0420. The molecule has 394 valence electrons. The van der Waals surface area contributed by atoms with Crippen LogP contribution >= 0.6 is 0 Å². The number of aliphatic hydroxyl groups is 1. The van der Waals surface area contributed by atoms with Crippen molar-refractivity contribution in [2.75, 3.05) is 14.2 Å². The Labute approximate surface area is 427 Å². The molecule has 0 saturated carbocycles. The van der Waals surface area contributed by atoms with E-state index in [-0.39, 0.29) is 57.9 Å². The number of ether oxygens (including phenoxy) is 4. The fourth-order valence-corrected chi connectivity index (χ4v) is 9.49. The van der Waals surface area contributed by atoms with Crippen LogP contribution in [0.3, 0.4) is 0 Å². The summed E-state index contributed by atoms with van der Waals surface area (Å²) in [6, 6.07) is 0. The maximum atomic E-state index is 13.8. The molecule has 1 fully saturated rings. The number of allylic oxidation sites excluding steroid dienone is 8. The number of nitrogens with zero attached hydrogens (tertiary/aromatic N) is 2. The van der Waals surface area contributed by atoms with Crippen LogP contribution in [0, 0.1) is 10.8 Å². The van der Waals surface area contributed by atoms with E-state index in [0.717, 1.165) is 0 Å². The first kappa shape index (κ1) is 60.8. The van der Waals surface area contributed by atoms with Crippen molar-refractivity contribution in [3.63, 3.8) is 0 Å². The lowest BCUT2D eigenvalue weighted by Crippen LogP contribution is -2.51. The zero-order valence-electron chi connectivity index (χ0n) is 46.0. The van der Waals surface area contributed by atoms with Crippen molar-refractivity contribution in [2.45, 2.75) is 181 Å². The number of rotatable bonds is 27. The van der Waals surface area contributed by atoms with E-state index in [2.05, 4.69) is 111 Å². The van der Waals surface area contributed by atoms with Gasteiger partial charge in [-0.15, -0.1) is 0 Å². The molecule has 0 bridgehead atoms. The largest absolute Gasteiger partial charge is 0.464 e. The van der Waals surface area contributed by atoms with Gasteiger partial charge in [-0.3, -0.25) is 0 Å². The van der Waals surface area contributed by atoms with Crippen LogP contribution in [0.15, 0.2) is 113 Å². The molecule has 0 aromatic carbocycles. The zero-order valence-corrected chi connectivity index (χ0v) is 48.0. The van der Waals surface area contributed by atoms with Crippen molar-refractivity contribution in [1.29, 1.82) is 0 Å². The maximum absolute atomic E-state index is 13.8. The fourth-order valence-electron chi connectivity index (χ4n) is 6.75. The van der Waals surface area contributed by atoms with Crippen molar-refractivity contribution >= 4 is 34.6 Å². The summed E-state index contributed by atoms with van der Waals surface area (Å²) in [7, 11) is -1.44. The second-order valence-corrected chi connectivity index (χ2v) is 31.8. The number of aromatic nitrogens is 2. The normalized spacial score (nSPS) is 19.1. The molecule has 1 aliphatic rings. The summed E-state index contributed by atoms with van der Waals surface area (Å²) < 4.78 is 47.2. The van der Waals surface area contributed by atoms with Gasteiger partial charge in [-0.2, -0.15) is 0 Å². The van der Waals surface area contributed by atoms with Gasteiger partial charge in [0.05, 0.1) is 37.9 Å². The van der Waals surface area contributed by atoms with Gasteiger partial charge >= 0.3 is 11.9 Å². The molecule has 2 aromatic heterocycles. The predicted octanol–water partition coefficient (Wildman–Crippen LogP) is 12.9. The minimum absolute atomic E-state index is 0.0422. The lowest BCUT2D eigenvalue weighted by atomic mass is 9.79. The van der Waals surface area contributed by atoms with Gasteiger partial charge in [0.1, 0.15) is 30.8 Å². The fraction of sp³-hybridized carbons (Fsp3) is 0.571. The van der Waals surface area contributed by atoms with E-state index in [1.165, 1.54) is 19.6 Å². The van der Waals surface area contributed by atoms with Crippen LogP contribution in [0.5, 0.6) is 0 Å². The van der Waals surface area contributed by atoms with Gasteiger partial charge in [0.25, 0.3) is 0 Å². The van der Waals surface area contributed by atoms with E-state index in [1.54, 1.807) is 19.3 Å². The Bertz CT molecular complexity index is 2240. The molecule has 1 N–H and O–H groups in total. The number of aliphatic hydroxyl groups excluding tert-OH is 1. The highest BCUT2D eigenvalue weighted by Crippen LogP contribution is 2.43. The van der Waals surface area contributed by atoms with Gasteiger partial charge < -0.3 is 41.7 Å². The zero-order chi connectivity index (χ0) is 53.4. The molecule has 3 heterocycles. The van der Waals surface area contributed by atoms with Crippen molar-refractivity contribution in [2.24, 2.45) is 10.8 Å². The summed E-state index contributed by atoms with van der Waals surface area (Å²) in [5.41, 5.74) is -1.01. The molecule has 0 radical (unpaired) electrons. The van der Waals surface area contributed by atoms with E-state index in [4.69, 9.17) is 36.6 Å². The second-order valence-electron chi connectivity index (χ2n) is 22.3. The number of oxazole rings is 2. The van der Waals surface area contributed by atoms with Gasteiger partial charge in [0, 0.05) is 30.4 Å². The molecule has 0 amide bonds. The van der Waals surface area contributed by atoms with E-state index >= 15 is 0 Å².